The van der Waals surface area contributed by atoms with Crippen LogP contribution in [-0.4, -0.2) is 5.97 Å². The zero-order valence-corrected chi connectivity index (χ0v) is 11.8. The Labute approximate surface area is 119 Å². The average Bonchev–Trinajstić information content (AvgIpc) is 2.40. The number of ether oxygens (including phenoxy) is 1. The van der Waals surface area contributed by atoms with E-state index >= 15 is 0 Å². The van der Waals surface area contributed by atoms with Crippen LogP contribution >= 0.6 is 22.6 Å². The maximum Gasteiger partial charge on any atom is 0.349 e. The smallest absolute Gasteiger partial charge is 0.349 e. The van der Waals surface area contributed by atoms with E-state index in [1.54, 1.807) is 12.1 Å². The van der Waals surface area contributed by atoms with Gasteiger partial charge in [0.05, 0.1) is 3.58 Å². The lowest BCUT2D eigenvalue weighted by molar-refractivity contribution is -0.129. The standard InChI is InChI=1S/C15H11IO2/c1-11(16)15(17)18-14-9-7-13(8-10-14)12-5-3-2-4-6-12/h2-10H,1H2. The monoisotopic (exact) mass is 350 g/mol. The second-order valence-electron chi connectivity index (χ2n) is 3.68. The van der Waals surface area contributed by atoms with Crippen molar-refractivity contribution in [2.75, 3.05) is 0 Å². The summed E-state index contributed by atoms with van der Waals surface area (Å²) in [5.41, 5.74) is 2.22. The van der Waals surface area contributed by atoms with Crippen molar-refractivity contribution in [2.24, 2.45) is 0 Å². The van der Waals surface area contributed by atoms with Crippen LogP contribution < -0.4 is 4.74 Å². The quantitative estimate of drug-likeness (QED) is 0.359. The SMILES string of the molecule is C=C(I)C(=O)Oc1ccc(-c2ccccc2)cc1. The van der Waals surface area contributed by atoms with Crippen LogP contribution in [0.25, 0.3) is 11.1 Å². The van der Waals surface area contributed by atoms with Crippen molar-refractivity contribution in [1.82, 2.24) is 0 Å². The molecule has 90 valence electrons. The van der Waals surface area contributed by atoms with Gasteiger partial charge in [-0.2, -0.15) is 0 Å². The van der Waals surface area contributed by atoms with Gasteiger partial charge in [-0.15, -0.1) is 0 Å². The van der Waals surface area contributed by atoms with E-state index in [-0.39, 0.29) is 0 Å². The van der Waals surface area contributed by atoms with Crippen molar-refractivity contribution < 1.29 is 9.53 Å². The van der Waals surface area contributed by atoms with Gasteiger partial charge in [0.2, 0.25) is 0 Å². The van der Waals surface area contributed by atoms with Gasteiger partial charge in [0.1, 0.15) is 5.75 Å². The summed E-state index contributed by atoms with van der Waals surface area (Å²) < 4.78 is 5.48. The predicted molar refractivity (Wildman–Crippen MR) is 80.7 cm³/mol. The molecular weight excluding hydrogens is 339 g/mol. The molecule has 18 heavy (non-hydrogen) atoms. The molecule has 3 heteroatoms. The zero-order valence-electron chi connectivity index (χ0n) is 9.60. The van der Waals surface area contributed by atoms with E-state index in [0.29, 0.717) is 9.33 Å². The third kappa shape index (κ3) is 3.20. The van der Waals surface area contributed by atoms with Crippen molar-refractivity contribution in [1.29, 1.82) is 0 Å². The van der Waals surface area contributed by atoms with E-state index in [0.717, 1.165) is 11.1 Å². The van der Waals surface area contributed by atoms with Gasteiger partial charge in [0.15, 0.2) is 0 Å². The van der Waals surface area contributed by atoms with Crippen molar-refractivity contribution in [3.8, 4) is 16.9 Å². The third-order valence-corrected chi connectivity index (χ3v) is 2.83. The molecule has 0 aliphatic rings. The highest BCUT2D eigenvalue weighted by Gasteiger charge is 2.06. The third-order valence-electron chi connectivity index (χ3n) is 2.39. The molecule has 0 bridgehead atoms. The Hall–Kier alpha value is -1.62. The lowest BCUT2D eigenvalue weighted by Crippen LogP contribution is -2.06. The van der Waals surface area contributed by atoms with Gasteiger partial charge in [-0.05, 0) is 45.9 Å². The van der Waals surface area contributed by atoms with E-state index in [9.17, 15) is 4.79 Å². The molecule has 0 aliphatic carbocycles. The molecule has 0 unspecified atom stereocenters. The molecule has 0 fully saturated rings. The number of benzene rings is 2. The molecule has 2 nitrogen and oxygen atoms in total. The summed E-state index contributed by atoms with van der Waals surface area (Å²) in [6, 6.07) is 17.4. The fourth-order valence-corrected chi connectivity index (χ4v) is 1.62. The summed E-state index contributed by atoms with van der Waals surface area (Å²) in [6.45, 7) is 3.53. The Kier molecular flexibility index (Phi) is 4.15. The van der Waals surface area contributed by atoms with E-state index < -0.39 is 5.97 Å². The summed E-state index contributed by atoms with van der Waals surface area (Å²) >= 11 is 1.84. The first-order valence-corrected chi connectivity index (χ1v) is 6.47. The highest BCUT2D eigenvalue weighted by molar-refractivity contribution is 14.1. The summed E-state index contributed by atoms with van der Waals surface area (Å²) in [6.07, 6.45) is 0. The van der Waals surface area contributed by atoms with Crippen LogP contribution in [0, 0.1) is 0 Å². The second-order valence-corrected chi connectivity index (χ2v) is 4.99. The van der Waals surface area contributed by atoms with Crippen LogP contribution in [0.15, 0.2) is 64.8 Å². The molecule has 0 radical (unpaired) electrons. The van der Waals surface area contributed by atoms with Gasteiger partial charge in [-0.25, -0.2) is 4.79 Å². The summed E-state index contributed by atoms with van der Waals surface area (Å²) in [4.78, 5) is 11.3. The van der Waals surface area contributed by atoms with Gasteiger partial charge < -0.3 is 4.74 Å². The molecule has 0 saturated carbocycles. The predicted octanol–water partition coefficient (Wildman–Crippen LogP) is 4.21. The topological polar surface area (TPSA) is 26.3 Å². The van der Waals surface area contributed by atoms with Crippen molar-refractivity contribution >= 4 is 28.6 Å². The number of hydrogen-bond acceptors (Lipinski definition) is 2. The number of hydrogen-bond donors (Lipinski definition) is 0. The van der Waals surface area contributed by atoms with E-state index in [4.69, 9.17) is 4.74 Å². The molecule has 0 spiro atoms. The van der Waals surface area contributed by atoms with Crippen molar-refractivity contribution in [2.45, 2.75) is 0 Å². The molecule has 0 aliphatic heterocycles. The summed E-state index contributed by atoms with van der Waals surface area (Å²) in [5, 5.41) is 0. The normalized spacial score (nSPS) is 9.83. The van der Waals surface area contributed by atoms with Crippen LogP contribution in [0.1, 0.15) is 0 Å². The van der Waals surface area contributed by atoms with E-state index in [2.05, 4.69) is 6.58 Å². The first kappa shape index (κ1) is 12.8. The highest BCUT2D eigenvalue weighted by Crippen LogP contribution is 2.22. The number of carbonyl (C=O) groups is 1. The number of esters is 1. The molecule has 0 saturated heterocycles. The zero-order chi connectivity index (χ0) is 13.0. The van der Waals surface area contributed by atoms with Gasteiger partial charge in [-0.3, -0.25) is 0 Å². The number of halogens is 1. The maximum atomic E-state index is 11.3. The van der Waals surface area contributed by atoms with Gasteiger partial charge >= 0.3 is 5.97 Å². The number of carbonyl (C=O) groups excluding carboxylic acids is 1. The minimum Gasteiger partial charge on any atom is -0.423 e. The molecule has 0 atom stereocenters. The van der Waals surface area contributed by atoms with E-state index in [1.165, 1.54) is 0 Å². The van der Waals surface area contributed by atoms with Gasteiger partial charge in [0.25, 0.3) is 0 Å². The van der Waals surface area contributed by atoms with Gasteiger partial charge in [-0.1, -0.05) is 49.0 Å². The Balaban J connectivity index is 2.16. The molecule has 2 aromatic rings. The lowest BCUT2D eigenvalue weighted by Gasteiger charge is -2.05. The molecule has 2 rings (SSSR count). The molecule has 0 heterocycles. The molecule has 0 aromatic heterocycles. The van der Waals surface area contributed by atoms with Crippen LogP contribution in [-0.2, 0) is 4.79 Å². The fraction of sp³-hybridized carbons (Fsp3) is 0. The first-order chi connectivity index (χ1) is 8.66. The highest BCUT2D eigenvalue weighted by atomic mass is 127. The molecule has 0 amide bonds. The van der Waals surface area contributed by atoms with Gasteiger partial charge in [0, 0.05) is 0 Å². The fourth-order valence-electron chi connectivity index (χ4n) is 1.51. The second kappa shape index (κ2) is 5.82. The lowest BCUT2D eigenvalue weighted by atomic mass is 10.1. The first-order valence-electron chi connectivity index (χ1n) is 5.39. The van der Waals surface area contributed by atoms with Crippen molar-refractivity contribution in [3.05, 3.63) is 64.8 Å². The minimum absolute atomic E-state index is 0.361. The molecular formula is C15H11IO2. The Bertz CT molecular complexity index is 559. The molecule has 2 aromatic carbocycles. The minimum atomic E-state index is -0.414. The van der Waals surface area contributed by atoms with Crippen LogP contribution in [0.5, 0.6) is 5.75 Å². The Morgan fingerprint density at radius 2 is 1.50 bits per heavy atom. The van der Waals surface area contributed by atoms with E-state index in [1.807, 2.05) is 65.1 Å². The molecule has 0 N–H and O–H groups in total. The van der Waals surface area contributed by atoms with Crippen molar-refractivity contribution in [3.63, 3.8) is 0 Å². The van der Waals surface area contributed by atoms with Crippen LogP contribution in [0.3, 0.4) is 0 Å². The largest absolute Gasteiger partial charge is 0.423 e. The number of rotatable bonds is 3. The Morgan fingerprint density at radius 3 is 2.06 bits per heavy atom. The maximum absolute atomic E-state index is 11.3. The Morgan fingerprint density at radius 1 is 0.944 bits per heavy atom. The van der Waals surface area contributed by atoms with Crippen LogP contribution in [0.4, 0.5) is 0 Å². The summed E-state index contributed by atoms with van der Waals surface area (Å²) in [5.74, 6) is 0.112. The average molecular weight is 350 g/mol. The summed E-state index contributed by atoms with van der Waals surface area (Å²) in [7, 11) is 0. The van der Waals surface area contributed by atoms with Crippen LogP contribution in [0.2, 0.25) is 0 Å².